The van der Waals surface area contributed by atoms with Gasteiger partial charge in [0.05, 0.1) is 0 Å². The maximum Gasteiger partial charge on any atom is 0.324 e. The van der Waals surface area contributed by atoms with Crippen molar-refractivity contribution in [3.63, 3.8) is 0 Å². The topological polar surface area (TPSA) is 63.3 Å². The van der Waals surface area contributed by atoms with Crippen LogP contribution in [-0.4, -0.2) is 16.6 Å². The lowest BCUT2D eigenvalue weighted by atomic mass is 9.98. The number of carboxylic acid groups (broad SMARTS) is 1. The molecule has 0 aliphatic heterocycles. The molecular weight excluding hydrogens is 274 g/mol. The molecule has 0 spiro atoms. The number of fused-ring (bicyclic) bond motifs is 1. The van der Waals surface area contributed by atoms with E-state index in [2.05, 4.69) is 0 Å². The highest BCUT2D eigenvalue weighted by Crippen LogP contribution is 2.32. The summed E-state index contributed by atoms with van der Waals surface area (Å²) < 4.78 is 0. The summed E-state index contributed by atoms with van der Waals surface area (Å²) in [6.07, 6.45) is 0.762. The average molecular weight is 288 g/mol. The lowest BCUT2D eigenvalue weighted by Gasteiger charge is -2.16. The Bertz CT molecular complexity index is 681. The number of aliphatic carboxylic acids is 1. The van der Waals surface area contributed by atoms with E-state index in [1.807, 2.05) is 42.5 Å². The summed E-state index contributed by atoms with van der Waals surface area (Å²) in [4.78, 5) is 11.2. The van der Waals surface area contributed by atoms with Crippen LogP contribution in [0.5, 0.6) is 0 Å². The van der Waals surface area contributed by atoms with Crippen LogP contribution in [0.2, 0.25) is 5.02 Å². The molecule has 1 unspecified atom stereocenters. The number of rotatable bonds is 2. The van der Waals surface area contributed by atoms with E-state index in [0.717, 1.165) is 22.3 Å². The molecule has 0 saturated carbocycles. The molecule has 102 valence electrons. The monoisotopic (exact) mass is 287 g/mol. The van der Waals surface area contributed by atoms with Crippen molar-refractivity contribution < 1.29 is 9.90 Å². The van der Waals surface area contributed by atoms with Gasteiger partial charge in [0.15, 0.2) is 0 Å². The first kappa shape index (κ1) is 13.2. The summed E-state index contributed by atoms with van der Waals surface area (Å²) in [5.41, 5.74) is 8.92. The summed E-state index contributed by atoms with van der Waals surface area (Å²) in [6.45, 7) is 0. The first-order valence-corrected chi connectivity index (χ1v) is 6.76. The molecule has 4 heteroatoms. The van der Waals surface area contributed by atoms with E-state index < -0.39 is 11.5 Å². The number of nitrogens with two attached hydrogens (primary N) is 1. The lowest BCUT2D eigenvalue weighted by molar-refractivity contribution is -0.142. The Morgan fingerprint density at radius 1 is 1.05 bits per heavy atom. The smallest absolute Gasteiger partial charge is 0.324 e. The van der Waals surface area contributed by atoms with Crippen molar-refractivity contribution >= 4 is 17.6 Å². The third-order valence-corrected chi connectivity index (χ3v) is 4.07. The Labute approximate surface area is 122 Å². The minimum atomic E-state index is -1.17. The standard InChI is InChI=1S/C16H14ClNO2/c17-14-5-3-10(4-6-14)11-1-2-12-8-16(18,15(19)20)9-13(12)7-11/h1-7H,8-9,18H2,(H,19,20). The zero-order valence-corrected chi connectivity index (χ0v) is 11.5. The highest BCUT2D eigenvalue weighted by Gasteiger charge is 2.40. The van der Waals surface area contributed by atoms with Crippen LogP contribution in [0.3, 0.4) is 0 Å². The maximum absolute atomic E-state index is 11.2. The highest BCUT2D eigenvalue weighted by molar-refractivity contribution is 6.30. The van der Waals surface area contributed by atoms with Gasteiger partial charge in [-0.3, -0.25) is 4.79 Å². The molecule has 3 rings (SSSR count). The fraction of sp³-hybridized carbons (Fsp3) is 0.188. The molecule has 1 aliphatic rings. The van der Waals surface area contributed by atoms with Gasteiger partial charge in [0.2, 0.25) is 0 Å². The van der Waals surface area contributed by atoms with E-state index in [1.165, 1.54) is 0 Å². The number of hydrogen-bond acceptors (Lipinski definition) is 2. The Balaban J connectivity index is 1.97. The quantitative estimate of drug-likeness (QED) is 0.893. The van der Waals surface area contributed by atoms with Crippen LogP contribution in [0.4, 0.5) is 0 Å². The molecule has 0 saturated heterocycles. The minimum absolute atomic E-state index is 0.374. The second-order valence-corrected chi connectivity index (χ2v) is 5.74. The molecule has 3 N–H and O–H groups in total. The zero-order chi connectivity index (χ0) is 14.3. The molecular formula is C16H14ClNO2. The van der Waals surface area contributed by atoms with Crippen molar-refractivity contribution in [3.05, 3.63) is 58.6 Å². The van der Waals surface area contributed by atoms with Crippen molar-refractivity contribution in [1.29, 1.82) is 0 Å². The molecule has 2 aromatic rings. The molecule has 0 heterocycles. The Morgan fingerprint density at radius 2 is 1.65 bits per heavy atom. The summed E-state index contributed by atoms with van der Waals surface area (Å²) in [7, 11) is 0. The second-order valence-electron chi connectivity index (χ2n) is 5.31. The Kier molecular flexibility index (Phi) is 3.04. The van der Waals surface area contributed by atoms with Crippen LogP contribution in [-0.2, 0) is 17.6 Å². The van der Waals surface area contributed by atoms with E-state index in [4.69, 9.17) is 17.3 Å². The number of hydrogen-bond donors (Lipinski definition) is 2. The zero-order valence-electron chi connectivity index (χ0n) is 10.8. The first-order valence-electron chi connectivity index (χ1n) is 6.38. The van der Waals surface area contributed by atoms with Crippen LogP contribution in [0.1, 0.15) is 11.1 Å². The summed E-state index contributed by atoms with van der Waals surface area (Å²) in [6, 6.07) is 13.6. The largest absolute Gasteiger partial charge is 0.480 e. The number of carboxylic acids is 1. The van der Waals surface area contributed by atoms with Gasteiger partial charge in [0, 0.05) is 17.9 Å². The second kappa shape index (κ2) is 4.62. The van der Waals surface area contributed by atoms with Crippen molar-refractivity contribution in [2.24, 2.45) is 5.73 Å². The van der Waals surface area contributed by atoms with Gasteiger partial charge in [-0.15, -0.1) is 0 Å². The van der Waals surface area contributed by atoms with E-state index >= 15 is 0 Å². The first-order chi connectivity index (χ1) is 9.48. The number of carbonyl (C=O) groups is 1. The molecule has 1 aliphatic carbocycles. The van der Waals surface area contributed by atoms with Gasteiger partial charge in [-0.1, -0.05) is 41.9 Å². The van der Waals surface area contributed by atoms with Crippen molar-refractivity contribution in [1.82, 2.24) is 0 Å². The minimum Gasteiger partial charge on any atom is -0.480 e. The molecule has 0 radical (unpaired) electrons. The summed E-state index contributed by atoms with van der Waals surface area (Å²) in [5.74, 6) is -0.943. The van der Waals surface area contributed by atoms with Crippen LogP contribution in [0.15, 0.2) is 42.5 Å². The molecule has 0 fully saturated rings. The lowest BCUT2D eigenvalue weighted by Crippen LogP contribution is -2.48. The van der Waals surface area contributed by atoms with Gasteiger partial charge in [-0.05, 0) is 34.4 Å². The molecule has 3 nitrogen and oxygen atoms in total. The highest BCUT2D eigenvalue weighted by atomic mass is 35.5. The number of benzene rings is 2. The third kappa shape index (κ3) is 2.19. The fourth-order valence-electron chi connectivity index (χ4n) is 2.68. The predicted molar refractivity (Wildman–Crippen MR) is 78.9 cm³/mol. The van der Waals surface area contributed by atoms with Crippen LogP contribution in [0, 0.1) is 0 Å². The SMILES string of the molecule is NC1(C(=O)O)Cc2ccc(-c3ccc(Cl)cc3)cc2C1. The third-order valence-electron chi connectivity index (χ3n) is 3.82. The van der Waals surface area contributed by atoms with Crippen molar-refractivity contribution in [2.45, 2.75) is 18.4 Å². The van der Waals surface area contributed by atoms with Crippen molar-refractivity contribution in [2.75, 3.05) is 0 Å². The van der Waals surface area contributed by atoms with Gasteiger partial charge in [0.1, 0.15) is 5.54 Å². The van der Waals surface area contributed by atoms with Gasteiger partial charge in [0.25, 0.3) is 0 Å². The molecule has 0 amide bonds. The average Bonchev–Trinajstić information content (AvgIpc) is 2.76. The molecule has 1 atom stereocenters. The molecule has 2 aromatic carbocycles. The van der Waals surface area contributed by atoms with E-state index in [1.54, 1.807) is 0 Å². The van der Waals surface area contributed by atoms with E-state index in [-0.39, 0.29) is 0 Å². The van der Waals surface area contributed by atoms with Crippen LogP contribution < -0.4 is 5.73 Å². The maximum atomic E-state index is 11.2. The van der Waals surface area contributed by atoms with Gasteiger partial charge >= 0.3 is 5.97 Å². The summed E-state index contributed by atoms with van der Waals surface area (Å²) in [5, 5.41) is 9.92. The molecule has 20 heavy (non-hydrogen) atoms. The van der Waals surface area contributed by atoms with Gasteiger partial charge < -0.3 is 10.8 Å². The Morgan fingerprint density at radius 3 is 2.30 bits per heavy atom. The van der Waals surface area contributed by atoms with Crippen LogP contribution in [0.25, 0.3) is 11.1 Å². The molecule has 0 bridgehead atoms. The predicted octanol–water partition coefficient (Wildman–Crippen LogP) is 2.89. The Hall–Kier alpha value is -1.84. The van der Waals surface area contributed by atoms with Crippen molar-refractivity contribution in [3.8, 4) is 11.1 Å². The van der Waals surface area contributed by atoms with E-state index in [9.17, 15) is 9.90 Å². The fourth-order valence-corrected chi connectivity index (χ4v) is 2.80. The van der Waals surface area contributed by atoms with Gasteiger partial charge in [-0.25, -0.2) is 0 Å². The van der Waals surface area contributed by atoms with Crippen LogP contribution >= 0.6 is 11.6 Å². The summed E-state index contributed by atoms with van der Waals surface area (Å²) >= 11 is 5.88. The van der Waals surface area contributed by atoms with Gasteiger partial charge in [-0.2, -0.15) is 0 Å². The van der Waals surface area contributed by atoms with E-state index in [0.29, 0.717) is 17.9 Å². The molecule has 0 aromatic heterocycles. The number of halogens is 1. The normalized spacial score (nSPS) is 20.7.